The van der Waals surface area contributed by atoms with Crippen molar-refractivity contribution in [2.75, 3.05) is 0 Å². The van der Waals surface area contributed by atoms with Crippen molar-refractivity contribution in [1.29, 1.82) is 0 Å². The number of rotatable bonds is 2. The summed E-state index contributed by atoms with van der Waals surface area (Å²) in [4.78, 5) is 0. The molecular weight excluding hydrogens is 370 g/mol. The van der Waals surface area contributed by atoms with Crippen LogP contribution in [0.15, 0.2) is 12.1 Å². The highest BCUT2D eigenvalue weighted by Gasteiger charge is 2.52. The molecule has 0 aliphatic carbocycles. The molecule has 2 nitrogen and oxygen atoms in total. The van der Waals surface area contributed by atoms with E-state index in [9.17, 15) is 0 Å². The lowest BCUT2D eigenvalue weighted by Gasteiger charge is -2.32. The molecule has 1 aromatic carbocycles. The normalized spacial score (nSPS) is 20.9. The van der Waals surface area contributed by atoms with Gasteiger partial charge in [-0.1, -0.05) is 0 Å². The predicted octanol–water partition coefficient (Wildman–Crippen LogP) is 3.33. The fraction of sp³-hybridized carbons (Fsp3) is 0.571. The molecule has 1 aliphatic heterocycles. The van der Waals surface area contributed by atoms with Gasteiger partial charge in [-0.3, -0.25) is 0 Å². The van der Waals surface area contributed by atoms with E-state index in [4.69, 9.17) is 9.31 Å². The van der Waals surface area contributed by atoms with Crippen LogP contribution < -0.4 is 5.46 Å². The first-order valence-corrected chi connectivity index (χ1v) is 8.14. The molecule has 1 aliphatic rings. The Labute approximate surface area is 135 Å². The van der Waals surface area contributed by atoms with Gasteiger partial charge < -0.3 is 9.31 Å². The van der Waals surface area contributed by atoms with Crippen molar-refractivity contribution in [2.45, 2.75) is 51.6 Å². The number of hydrogen-bond donors (Lipinski definition) is 1. The largest absolute Gasteiger partial charge is 0.495 e. The van der Waals surface area contributed by atoms with Gasteiger partial charge in [-0.05, 0) is 85.9 Å². The second kappa shape index (κ2) is 5.24. The Balaban J connectivity index is 2.42. The number of hydrogen-bond acceptors (Lipinski definition) is 3. The third kappa shape index (κ3) is 2.85. The lowest BCUT2D eigenvalue weighted by Crippen LogP contribution is -2.41. The van der Waals surface area contributed by atoms with E-state index in [2.05, 4.69) is 82.0 Å². The molecule has 2 rings (SSSR count). The SMILES string of the molecule is Cc1c(CS)cc(I)cc1B1OC(C)(C)C(C)(C)O1. The lowest BCUT2D eigenvalue weighted by molar-refractivity contribution is 0.00578. The summed E-state index contributed by atoms with van der Waals surface area (Å²) in [5.41, 5.74) is 2.97. The molecule has 5 heteroatoms. The Morgan fingerprint density at radius 1 is 1.16 bits per heavy atom. The summed E-state index contributed by atoms with van der Waals surface area (Å²) in [5.74, 6) is 0.731. The van der Waals surface area contributed by atoms with Gasteiger partial charge in [0.1, 0.15) is 0 Å². The number of halogens is 1. The van der Waals surface area contributed by atoms with Crippen LogP contribution in [-0.4, -0.2) is 18.3 Å². The standard InChI is InChI=1S/C14H20BIO2S/c1-9-10(8-19)6-11(16)7-12(9)15-17-13(2,3)14(4,5)18-15/h6-7,19H,8H2,1-5H3. The van der Waals surface area contributed by atoms with E-state index in [1.807, 2.05) is 0 Å². The molecule has 1 fully saturated rings. The van der Waals surface area contributed by atoms with Crippen molar-refractivity contribution in [3.63, 3.8) is 0 Å². The van der Waals surface area contributed by atoms with Gasteiger partial charge >= 0.3 is 7.12 Å². The Hall–Kier alpha value is 0.285. The molecule has 0 amide bonds. The average Bonchev–Trinajstić information content (AvgIpc) is 2.50. The first kappa shape index (κ1) is 15.7. The van der Waals surface area contributed by atoms with Crippen LogP contribution in [0.5, 0.6) is 0 Å². The van der Waals surface area contributed by atoms with Crippen LogP contribution in [0, 0.1) is 10.5 Å². The zero-order valence-corrected chi connectivity index (χ0v) is 15.1. The van der Waals surface area contributed by atoms with Crippen molar-refractivity contribution in [2.24, 2.45) is 0 Å². The first-order valence-electron chi connectivity index (χ1n) is 6.43. The summed E-state index contributed by atoms with van der Waals surface area (Å²) in [6.07, 6.45) is 0. The van der Waals surface area contributed by atoms with Gasteiger partial charge in [0, 0.05) is 9.32 Å². The minimum absolute atomic E-state index is 0.293. The van der Waals surface area contributed by atoms with Crippen molar-refractivity contribution in [3.05, 3.63) is 26.8 Å². The highest BCUT2D eigenvalue weighted by atomic mass is 127. The molecule has 19 heavy (non-hydrogen) atoms. The lowest BCUT2D eigenvalue weighted by atomic mass is 9.75. The van der Waals surface area contributed by atoms with Crippen LogP contribution in [0.25, 0.3) is 0 Å². The molecule has 1 aromatic rings. The van der Waals surface area contributed by atoms with Crippen LogP contribution in [0.2, 0.25) is 0 Å². The Bertz CT molecular complexity index is 486. The zero-order valence-electron chi connectivity index (χ0n) is 12.1. The molecule has 0 atom stereocenters. The maximum absolute atomic E-state index is 6.13. The van der Waals surface area contributed by atoms with Gasteiger partial charge in [0.05, 0.1) is 11.2 Å². The number of thiol groups is 1. The minimum Gasteiger partial charge on any atom is -0.399 e. The van der Waals surface area contributed by atoms with Crippen LogP contribution >= 0.6 is 35.2 Å². The van der Waals surface area contributed by atoms with Crippen LogP contribution in [-0.2, 0) is 15.1 Å². The molecule has 0 radical (unpaired) electrons. The third-order valence-corrected chi connectivity index (χ3v) is 5.16. The van der Waals surface area contributed by atoms with Crippen molar-refractivity contribution in [3.8, 4) is 0 Å². The molecule has 1 heterocycles. The Morgan fingerprint density at radius 2 is 1.68 bits per heavy atom. The summed E-state index contributed by atoms with van der Waals surface area (Å²) in [5, 5.41) is 0. The molecule has 0 saturated carbocycles. The van der Waals surface area contributed by atoms with E-state index < -0.39 is 0 Å². The molecule has 1 saturated heterocycles. The van der Waals surface area contributed by atoms with Crippen molar-refractivity contribution >= 4 is 47.8 Å². The molecule has 0 bridgehead atoms. The summed E-state index contributed by atoms with van der Waals surface area (Å²) < 4.78 is 13.5. The first-order chi connectivity index (χ1) is 8.68. The average molecular weight is 390 g/mol. The maximum Gasteiger partial charge on any atom is 0.495 e. The van der Waals surface area contributed by atoms with E-state index in [1.165, 1.54) is 14.7 Å². The van der Waals surface area contributed by atoms with E-state index in [1.54, 1.807) is 0 Å². The van der Waals surface area contributed by atoms with E-state index in [-0.39, 0.29) is 18.3 Å². The molecule has 104 valence electrons. The summed E-state index contributed by atoms with van der Waals surface area (Å²) in [6.45, 7) is 10.4. The highest BCUT2D eigenvalue weighted by molar-refractivity contribution is 14.1. The minimum atomic E-state index is -0.299. The fourth-order valence-electron chi connectivity index (χ4n) is 2.14. The molecule has 0 N–H and O–H groups in total. The van der Waals surface area contributed by atoms with Crippen molar-refractivity contribution < 1.29 is 9.31 Å². The van der Waals surface area contributed by atoms with Crippen molar-refractivity contribution in [1.82, 2.24) is 0 Å². The highest BCUT2D eigenvalue weighted by Crippen LogP contribution is 2.37. The summed E-state index contributed by atoms with van der Waals surface area (Å²) >= 11 is 6.73. The van der Waals surface area contributed by atoms with Gasteiger partial charge in [-0.15, -0.1) is 0 Å². The molecule has 0 aromatic heterocycles. The van der Waals surface area contributed by atoms with Gasteiger partial charge in [-0.25, -0.2) is 0 Å². The predicted molar refractivity (Wildman–Crippen MR) is 92.3 cm³/mol. The quantitative estimate of drug-likeness (QED) is 0.475. The van der Waals surface area contributed by atoms with Gasteiger partial charge in [0.2, 0.25) is 0 Å². The second-order valence-electron chi connectivity index (χ2n) is 6.03. The smallest absolute Gasteiger partial charge is 0.399 e. The Kier molecular flexibility index (Phi) is 4.32. The Morgan fingerprint density at radius 3 is 2.16 bits per heavy atom. The van der Waals surface area contributed by atoms with E-state index in [0.29, 0.717) is 0 Å². The maximum atomic E-state index is 6.13. The van der Waals surface area contributed by atoms with E-state index in [0.717, 1.165) is 11.2 Å². The molecule has 0 unspecified atom stereocenters. The van der Waals surface area contributed by atoms with Crippen LogP contribution in [0.4, 0.5) is 0 Å². The van der Waals surface area contributed by atoms with Gasteiger partial charge in [0.15, 0.2) is 0 Å². The summed E-state index contributed by atoms with van der Waals surface area (Å²) in [6, 6.07) is 4.31. The van der Waals surface area contributed by atoms with Gasteiger partial charge in [0.25, 0.3) is 0 Å². The zero-order chi connectivity index (χ0) is 14.4. The number of benzene rings is 1. The van der Waals surface area contributed by atoms with Crippen LogP contribution in [0.3, 0.4) is 0 Å². The van der Waals surface area contributed by atoms with E-state index >= 15 is 0 Å². The monoisotopic (exact) mass is 390 g/mol. The second-order valence-corrected chi connectivity index (χ2v) is 7.59. The third-order valence-electron chi connectivity index (χ3n) is 4.20. The summed E-state index contributed by atoms with van der Waals surface area (Å²) in [7, 11) is -0.293. The van der Waals surface area contributed by atoms with Gasteiger partial charge in [-0.2, -0.15) is 12.6 Å². The topological polar surface area (TPSA) is 18.5 Å². The molecule has 0 spiro atoms. The molecular formula is C14H20BIO2S. The van der Waals surface area contributed by atoms with Crippen LogP contribution in [0.1, 0.15) is 38.8 Å². The fourth-order valence-corrected chi connectivity index (χ4v) is 3.18.